The highest BCUT2D eigenvalue weighted by Crippen LogP contribution is 2.20. The van der Waals surface area contributed by atoms with Crippen molar-refractivity contribution in [1.29, 1.82) is 0 Å². The summed E-state index contributed by atoms with van der Waals surface area (Å²) in [4.78, 5) is 4.69. The van der Waals surface area contributed by atoms with E-state index in [1.54, 1.807) is 0 Å². The molecule has 1 heterocycles. The zero-order valence-corrected chi connectivity index (χ0v) is 10.9. The summed E-state index contributed by atoms with van der Waals surface area (Å²) in [5.74, 6) is 0. The van der Waals surface area contributed by atoms with Gasteiger partial charge in [0.2, 0.25) is 0 Å². The molecule has 1 aromatic carbocycles. The molecular formula is C15H20N2. The zero-order valence-electron chi connectivity index (χ0n) is 10.9. The van der Waals surface area contributed by atoms with E-state index >= 15 is 0 Å². The monoisotopic (exact) mass is 228 g/mol. The van der Waals surface area contributed by atoms with Crippen LogP contribution in [0.5, 0.6) is 0 Å². The third-order valence-corrected chi connectivity index (χ3v) is 3.02. The summed E-state index contributed by atoms with van der Waals surface area (Å²) in [6.45, 7) is 7.48. The third kappa shape index (κ3) is 2.57. The average molecular weight is 228 g/mol. The van der Waals surface area contributed by atoms with Crippen LogP contribution < -0.4 is 5.32 Å². The van der Waals surface area contributed by atoms with E-state index in [2.05, 4.69) is 55.3 Å². The van der Waals surface area contributed by atoms with E-state index < -0.39 is 0 Å². The van der Waals surface area contributed by atoms with E-state index in [1.165, 1.54) is 22.3 Å². The number of rotatable bonds is 4. The van der Waals surface area contributed by atoms with Crippen LogP contribution in [-0.4, -0.2) is 11.5 Å². The number of nitrogens with zero attached hydrogens (tertiary/aromatic N) is 1. The van der Waals surface area contributed by atoms with Gasteiger partial charge in [0.1, 0.15) is 0 Å². The Morgan fingerprint density at radius 2 is 2.00 bits per heavy atom. The lowest BCUT2D eigenvalue weighted by Gasteiger charge is -2.08. The van der Waals surface area contributed by atoms with Gasteiger partial charge < -0.3 is 5.32 Å². The van der Waals surface area contributed by atoms with Crippen molar-refractivity contribution in [2.75, 3.05) is 11.9 Å². The minimum atomic E-state index is 0.998. The average Bonchev–Trinajstić information content (AvgIpc) is 2.35. The second kappa shape index (κ2) is 5.17. The molecule has 2 heteroatoms. The first-order chi connectivity index (χ1) is 8.24. The number of benzene rings is 1. The van der Waals surface area contributed by atoms with Crippen molar-refractivity contribution >= 4 is 16.6 Å². The highest BCUT2D eigenvalue weighted by Gasteiger charge is 2.02. The van der Waals surface area contributed by atoms with Crippen LogP contribution in [0, 0.1) is 6.92 Å². The Morgan fingerprint density at radius 3 is 2.71 bits per heavy atom. The SMILES string of the molecule is CCCNc1ccc2nc(CC)c(C)cc2c1. The minimum Gasteiger partial charge on any atom is -0.385 e. The zero-order chi connectivity index (χ0) is 12.3. The topological polar surface area (TPSA) is 24.9 Å². The van der Waals surface area contributed by atoms with Crippen LogP contribution in [0.4, 0.5) is 5.69 Å². The first-order valence-electron chi connectivity index (χ1n) is 6.38. The van der Waals surface area contributed by atoms with E-state index in [4.69, 9.17) is 0 Å². The van der Waals surface area contributed by atoms with Gasteiger partial charge in [0.15, 0.2) is 0 Å². The number of hydrogen-bond donors (Lipinski definition) is 1. The number of anilines is 1. The van der Waals surface area contributed by atoms with Gasteiger partial charge in [0, 0.05) is 23.3 Å². The van der Waals surface area contributed by atoms with Crippen molar-refractivity contribution in [2.24, 2.45) is 0 Å². The van der Waals surface area contributed by atoms with Crippen LogP contribution >= 0.6 is 0 Å². The van der Waals surface area contributed by atoms with E-state index in [0.29, 0.717) is 0 Å². The van der Waals surface area contributed by atoms with E-state index in [-0.39, 0.29) is 0 Å². The van der Waals surface area contributed by atoms with E-state index in [0.717, 1.165) is 24.9 Å². The van der Waals surface area contributed by atoms with Crippen LogP contribution in [0.3, 0.4) is 0 Å². The Kier molecular flexibility index (Phi) is 3.62. The van der Waals surface area contributed by atoms with Crippen molar-refractivity contribution in [1.82, 2.24) is 4.98 Å². The Morgan fingerprint density at radius 1 is 1.18 bits per heavy atom. The second-order valence-electron chi connectivity index (χ2n) is 4.44. The molecule has 1 aromatic heterocycles. The van der Waals surface area contributed by atoms with Gasteiger partial charge in [-0.2, -0.15) is 0 Å². The summed E-state index contributed by atoms with van der Waals surface area (Å²) >= 11 is 0. The van der Waals surface area contributed by atoms with Gasteiger partial charge in [0.05, 0.1) is 5.52 Å². The molecular weight excluding hydrogens is 208 g/mol. The summed E-state index contributed by atoms with van der Waals surface area (Å²) in [6.07, 6.45) is 2.14. The summed E-state index contributed by atoms with van der Waals surface area (Å²) < 4.78 is 0. The van der Waals surface area contributed by atoms with Gasteiger partial charge in [-0.1, -0.05) is 13.8 Å². The maximum atomic E-state index is 4.69. The van der Waals surface area contributed by atoms with Gasteiger partial charge in [0.25, 0.3) is 0 Å². The Bertz CT molecular complexity index is 518. The Labute approximate surface area is 103 Å². The van der Waals surface area contributed by atoms with Crippen LogP contribution in [0.1, 0.15) is 31.5 Å². The molecule has 0 aliphatic heterocycles. The Balaban J connectivity index is 2.40. The molecule has 1 N–H and O–H groups in total. The fraction of sp³-hybridized carbons (Fsp3) is 0.400. The lowest BCUT2D eigenvalue weighted by Crippen LogP contribution is -2.00. The van der Waals surface area contributed by atoms with Crippen molar-refractivity contribution in [3.8, 4) is 0 Å². The summed E-state index contributed by atoms with van der Waals surface area (Å²) in [5.41, 5.74) is 4.76. The molecule has 17 heavy (non-hydrogen) atoms. The molecule has 0 spiro atoms. The highest BCUT2D eigenvalue weighted by molar-refractivity contribution is 5.83. The van der Waals surface area contributed by atoms with Gasteiger partial charge >= 0.3 is 0 Å². The smallest absolute Gasteiger partial charge is 0.0707 e. The molecule has 0 unspecified atom stereocenters. The lowest BCUT2D eigenvalue weighted by molar-refractivity contribution is 0.980. The minimum absolute atomic E-state index is 0.998. The molecule has 90 valence electrons. The molecule has 0 saturated carbocycles. The number of nitrogens with one attached hydrogen (secondary N) is 1. The maximum Gasteiger partial charge on any atom is 0.0707 e. The predicted molar refractivity (Wildman–Crippen MR) is 74.6 cm³/mol. The van der Waals surface area contributed by atoms with E-state index in [9.17, 15) is 0 Å². The molecule has 0 saturated heterocycles. The molecule has 0 amide bonds. The fourth-order valence-corrected chi connectivity index (χ4v) is 2.06. The summed E-state index contributed by atoms with van der Waals surface area (Å²) in [6, 6.07) is 8.63. The van der Waals surface area contributed by atoms with Crippen LogP contribution in [0.2, 0.25) is 0 Å². The maximum absolute atomic E-state index is 4.69. The second-order valence-corrected chi connectivity index (χ2v) is 4.44. The fourth-order valence-electron chi connectivity index (χ4n) is 2.06. The molecule has 0 bridgehead atoms. The lowest BCUT2D eigenvalue weighted by atomic mass is 10.1. The number of fused-ring (bicyclic) bond motifs is 1. The van der Waals surface area contributed by atoms with Crippen molar-refractivity contribution < 1.29 is 0 Å². The highest BCUT2D eigenvalue weighted by atomic mass is 14.9. The summed E-state index contributed by atoms with van der Waals surface area (Å²) in [5, 5.41) is 4.63. The van der Waals surface area contributed by atoms with Crippen molar-refractivity contribution in [2.45, 2.75) is 33.6 Å². The molecule has 0 aliphatic carbocycles. The molecule has 2 aromatic rings. The molecule has 0 aliphatic rings. The van der Waals surface area contributed by atoms with Gasteiger partial charge in [-0.15, -0.1) is 0 Å². The molecule has 2 rings (SSSR count). The first-order valence-corrected chi connectivity index (χ1v) is 6.38. The van der Waals surface area contributed by atoms with Crippen LogP contribution in [-0.2, 0) is 6.42 Å². The predicted octanol–water partition coefficient (Wildman–Crippen LogP) is 3.93. The third-order valence-electron chi connectivity index (χ3n) is 3.02. The first kappa shape index (κ1) is 11.9. The largest absolute Gasteiger partial charge is 0.385 e. The summed E-state index contributed by atoms with van der Waals surface area (Å²) in [7, 11) is 0. The normalized spacial score (nSPS) is 10.8. The number of hydrogen-bond acceptors (Lipinski definition) is 2. The van der Waals surface area contributed by atoms with Crippen LogP contribution in [0.25, 0.3) is 10.9 Å². The standard InChI is InChI=1S/C15H20N2/c1-4-8-16-13-6-7-15-12(10-13)9-11(3)14(5-2)17-15/h6-7,9-10,16H,4-5,8H2,1-3H3. The molecule has 2 nitrogen and oxygen atoms in total. The van der Waals surface area contributed by atoms with Crippen molar-refractivity contribution in [3.05, 3.63) is 35.5 Å². The number of aryl methyl sites for hydroxylation is 2. The van der Waals surface area contributed by atoms with Gasteiger partial charge in [-0.05, 0) is 49.6 Å². The van der Waals surface area contributed by atoms with E-state index in [1.807, 2.05) is 0 Å². The van der Waals surface area contributed by atoms with Gasteiger partial charge in [-0.3, -0.25) is 4.98 Å². The molecule has 0 atom stereocenters. The van der Waals surface area contributed by atoms with Crippen molar-refractivity contribution in [3.63, 3.8) is 0 Å². The van der Waals surface area contributed by atoms with Crippen LogP contribution in [0.15, 0.2) is 24.3 Å². The van der Waals surface area contributed by atoms with Gasteiger partial charge in [-0.25, -0.2) is 0 Å². The Hall–Kier alpha value is -1.57. The quantitative estimate of drug-likeness (QED) is 0.857. The number of aromatic nitrogens is 1. The molecule has 0 radical (unpaired) electrons. The number of pyridine rings is 1. The molecule has 0 fully saturated rings.